The van der Waals surface area contributed by atoms with Crippen LogP contribution in [0.25, 0.3) is 0 Å². The van der Waals surface area contributed by atoms with Gasteiger partial charge in [0.2, 0.25) is 5.91 Å². The van der Waals surface area contributed by atoms with Crippen molar-refractivity contribution < 1.29 is 4.79 Å². The topological polar surface area (TPSA) is 48.5 Å². The van der Waals surface area contributed by atoms with Gasteiger partial charge in [-0.05, 0) is 52.4 Å². The van der Waals surface area contributed by atoms with Gasteiger partial charge in [0.15, 0.2) is 5.13 Å². The number of nitrogens with one attached hydrogen (secondary N) is 1. The Morgan fingerprint density at radius 2 is 2.24 bits per heavy atom. The molecule has 0 saturated carbocycles. The molecule has 1 fully saturated rings. The summed E-state index contributed by atoms with van der Waals surface area (Å²) in [6.07, 6.45) is 3.91. The van der Waals surface area contributed by atoms with E-state index >= 15 is 0 Å². The number of nitrogens with zero attached hydrogens (tertiary/aromatic N) is 3. The van der Waals surface area contributed by atoms with Crippen LogP contribution in [0.4, 0.5) is 5.13 Å². The molecule has 21 heavy (non-hydrogen) atoms. The van der Waals surface area contributed by atoms with Crippen LogP contribution < -0.4 is 10.2 Å². The van der Waals surface area contributed by atoms with Crippen LogP contribution in [-0.4, -0.2) is 48.5 Å². The van der Waals surface area contributed by atoms with Crippen LogP contribution in [0.3, 0.4) is 0 Å². The van der Waals surface area contributed by atoms with Crippen LogP contribution >= 0.6 is 11.3 Å². The van der Waals surface area contributed by atoms with E-state index in [0.29, 0.717) is 6.54 Å². The van der Waals surface area contributed by atoms with E-state index in [9.17, 15) is 4.79 Å². The molecule has 1 aromatic heterocycles. The first-order valence-electron chi connectivity index (χ1n) is 7.86. The van der Waals surface area contributed by atoms with E-state index in [4.69, 9.17) is 0 Å². The van der Waals surface area contributed by atoms with Crippen molar-refractivity contribution in [3.8, 4) is 0 Å². The first-order valence-corrected chi connectivity index (χ1v) is 8.74. The van der Waals surface area contributed by atoms with Crippen LogP contribution in [0.15, 0.2) is 5.38 Å². The fourth-order valence-corrected chi connectivity index (χ4v) is 3.58. The molecule has 1 aliphatic heterocycles. The van der Waals surface area contributed by atoms with Gasteiger partial charge in [-0.25, -0.2) is 4.98 Å². The molecule has 0 atom stereocenters. The molecule has 1 aromatic rings. The summed E-state index contributed by atoms with van der Waals surface area (Å²) in [5.74, 6) is 0.0528. The quantitative estimate of drug-likeness (QED) is 0.747. The summed E-state index contributed by atoms with van der Waals surface area (Å²) in [7, 11) is 0. The van der Waals surface area contributed by atoms with Crippen molar-refractivity contribution in [2.24, 2.45) is 0 Å². The van der Waals surface area contributed by atoms with Gasteiger partial charge in [0.1, 0.15) is 0 Å². The van der Waals surface area contributed by atoms with Gasteiger partial charge >= 0.3 is 0 Å². The standard InChI is InChI=1S/C15H26N4OS/c1-3-19(13(2)20)15-17-14(12-21-15)11-16-7-6-10-18-8-4-5-9-18/h12,16H,3-11H2,1-2H3. The van der Waals surface area contributed by atoms with Gasteiger partial charge in [0.25, 0.3) is 0 Å². The fraction of sp³-hybridized carbons (Fsp3) is 0.733. The van der Waals surface area contributed by atoms with Crippen molar-refractivity contribution >= 4 is 22.4 Å². The molecule has 0 spiro atoms. The molecule has 0 aliphatic carbocycles. The maximum atomic E-state index is 11.5. The zero-order valence-electron chi connectivity index (χ0n) is 13.1. The number of rotatable bonds is 8. The SMILES string of the molecule is CCN(C(C)=O)c1nc(CNCCCN2CCCC2)cs1. The zero-order chi connectivity index (χ0) is 15.1. The van der Waals surface area contributed by atoms with Gasteiger partial charge in [-0.15, -0.1) is 11.3 Å². The van der Waals surface area contributed by atoms with Gasteiger partial charge in [-0.1, -0.05) is 0 Å². The number of aromatic nitrogens is 1. The highest BCUT2D eigenvalue weighted by molar-refractivity contribution is 7.14. The molecule has 1 amide bonds. The second kappa shape index (κ2) is 8.46. The second-order valence-corrected chi connectivity index (χ2v) is 6.30. The maximum Gasteiger partial charge on any atom is 0.225 e. The van der Waals surface area contributed by atoms with E-state index in [-0.39, 0.29) is 5.91 Å². The lowest BCUT2D eigenvalue weighted by atomic mass is 10.3. The summed E-state index contributed by atoms with van der Waals surface area (Å²) in [5.41, 5.74) is 1.02. The average Bonchev–Trinajstić information content (AvgIpc) is 3.11. The monoisotopic (exact) mass is 310 g/mol. The molecule has 5 nitrogen and oxygen atoms in total. The van der Waals surface area contributed by atoms with Crippen molar-refractivity contribution in [3.63, 3.8) is 0 Å². The Bertz CT molecular complexity index is 443. The smallest absolute Gasteiger partial charge is 0.225 e. The lowest BCUT2D eigenvalue weighted by molar-refractivity contribution is -0.116. The number of carbonyl (C=O) groups excluding carboxylic acids is 1. The van der Waals surface area contributed by atoms with Crippen molar-refractivity contribution in [2.45, 2.75) is 39.7 Å². The normalized spacial score (nSPS) is 15.5. The van der Waals surface area contributed by atoms with Crippen molar-refractivity contribution in [2.75, 3.05) is 37.6 Å². The molecule has 2 rings (SSSR count). The molecule has 118 valence electrons. The highest BCUT2D eigenvalue weighted by Crippen LogP contribution is 2.20. The van der Waals surface area contributed by atoms with E-state index in [1.807, 2.05) is 12.3 Å². The number of hydrogen-bond acceptors (Lipinski definition) is 5. The van der Waals surface area contributed by atoms with Crippen molar-refractivity contribution in [1.82, 2.24) is 15.2 Å². The lowest BCUT2D eigenvalue weighted by Crippen LogP contribution is -2.28. The van der Waals surface area contributed by atoms with Gasteiger partial charge < -0.3 is 10.2 Å². The number of hydrogen-bond donors (Lipinski definition) is 1. The Kier molecular flexibility index (Phi) is 6.60. The predicted molar refractivity (Wildman–Crippen MR) is 87.8 cm³/mol. The van der Waals surface area contributed by atoms with E-state index in [1.165, 1.54) is 38.9 Å². The summed E-state index contributed by atoms with van der Waals surface area (Å²) in [6, 6.07) is 0. The average molecular weight is 310 g/mol. The molecule has 0 unspecified atom stereocenters. The predicted octanol–water partition coefficient (Wildman–Crippen LogP) is 2.09. The largest absolute Gasteiger partial charge is 0.311 e. The zero-order valence-corrected chi connectivity index (χ0v) is 13.9. The van der Waals surface area contributed by atoms with Gasteiger partial charge in [0, 0.05) is 25.4 Å². The Hall–Kier alpha value is -0.980. The van der Waals surface area contributed by atoms with Gasteiger partial charge in [0.05, 0.1) is 5.69 Å². The third kappa shape index (κ3) is 5.05. The molecule has 2 heterocycles. The summed E-state index contributed by atoms with van der Waals surface area (Å²) < 4.78 is 0. The summed E-state index contributed by atoms with van der Waals surface area (Å²) in [5, 5.41) is 6.28. The minimum Gasteiger partial charge on any atom is -0.311 e. The molecule has 0 aromatic carbocycles. The Morgan fingerprint density at radius 1 is 1.48 bits per heavy atom. The molecule has 0 radical (unpaired) electrons. The van der Waals surface area contributed by atoms with E-state index in [2.05, 4.69) is 15.2 Å². The maximum absolute atomic E-state index is 11.5. The fourth-order valence-electron chi connectivity index (χ4n) is 2.64. The molecular weight excluding hydrogens is 284 g/mol. The van der Waals surface area contributed by atoms with E-state index in [1.54, 1.807) is 23.2 Å². The number of likely N-dealkylation sites (tertiary alicyclic amines) is 1. The summed E-state index contributed by atoms with van der Waals surface area (Å²) in [6.45, 7) is 9.77. The van der Waals surface area contributed by atoms with Gasteiger partial charge in [-0.2, -0.15) is 0 Å². The Morgan fingerprint density at radius 3 is 2.90 bits per heavy atom. The van der Waals surface area contributed by atoms with Crippen LogP contribution in [0.1, 0.15) is 38.8 Å². The minimum atomic E-state index is 0.0528. The third-order valence-corrected chi connectivity index (χ3v) is 4.71. The van der Waals surface area contributed by atoms with Gasteiger partial charge in [-0.3, -0.25) is 9.69 Å². The molecular formula is C15H26N4OS. The van der Waals surface area contributed by atoms with E-state index < -0.39 is 0 Å². The van der Waals surface area contributed by atoms with E-state index in [0.717, 1.165) is 23.9 Å². The van der Waals surface area contributed by atoms with Crippen LogP contribution in [0, 0.1) is 0 Å². The highest BCUT2D eigenvalue weighted by Gasteiger charge is 2.13. The highest BCUT2D eigenvalue weighted by atomic mass is 32.1. The second-order valence-electron chi connectivity index (χ2n) is 5.46. The molecule has 0 bridgehead atoms. The van der Waals surface area contributed by atoms with Crippen LogP contribution in [0.5, 0.6) is 0 Å². The summed E-state index contributed by atoms with van der Waals surface area (Å²) >= 11 is 1.54. The minimum absolute atomic E-state index is 0.0528. The van der Waals surface area contributed by atoms with Crippen LogP contribution in [-0.2, 0) is 11.3 Å². The Labute approximate surface area is 131 Å². The molecule has 1 N–H and O–H groups in total. The number of amides is 1. The first-order chi connectivity index (χ1) is 10.2. The molecule has 6 heteroatoms. The lowest BCUT2D eigenvalue weighted by Gasteiger charge is -2.14. The van der Waals surface area contributed by atoms with Crippen LogP contribution in [0.2, 0.25) is 0 Å². The molecule has 1 aliphatic rings. The third-order valence-electron chi connectivity index (χ3n) is 3.80. The summed E-state index contributed by atoms with van der Waals surface area (Å²) in [4.78, 5) is 20.3. The molecule has 1 saturated heterocycles. The van der Waals surface area contributed by atoms with Crippen molar-refractivity contribution in [1.29, 1.82) is 0 Å². The number of anilines is 1. The first kappa shape index (κ1) is 16.4. The Balaban J connectivity index is 1.66. The number of carbonyl (C=O) groups is 1. The number of thiazole rings is 1. The van der Waals surface area contributed by atoms with Crippen molar-refractivity contribution in [3.05, 3.63) is 11.1 Å².